The minimum atomic E-state index is -0.776. The van der Waals surface area contributed by atoms with Crippen molar-refractivity contribution in [3.05, 3.63) is 24.3 Å². The summed E-state index contributed by atoms with van der Waals surface area (Å²) in [4.78, 5) is 26.4. The Balaban J connectivity index is 1.77. The molecule has 1 atom stereocenters. The molecule has 0 spiro atoms. The number of ether oxygens (including phenoxy) is 1. The summed E-state index contributed by atoms with van der Waals surface area (Å²) in [6.07, 6.45) is 1.46. The van der Waals surface area contributed by atoms with Crippen molar-refractivity contribution in [3.63, 3.8) is 0 Å². The molecule has 2 amide bonds. The van der Waals surface area contributed by atoms with Gasteiger partial charge < -0.3 is 20.3 Å². The van der Waals surface area contributed by atoms with Gasteiger partial charge in [0.05, 0.1) is 12.1 Å². The molecule has 6 nitrogen and oxygen atoms in total. The van der Waals surface area contributed by atoms with Crippen LogP contribution in [0.1, 0.15) is 33.1 Å². The van der Waals surface area contributed by atoms with Crippen LogP contribution in [0.15, 0.2) is 24.3 Å². The van der Waals surface area contributed by atoms with Crippen LogP contribution in [-0.2, 0) is 9.59 Å². The minimum Gasteiger partial charge on any atom is -0.478 e. The van der Waals surface area contributed by atoms with Crippen LogP contribution < -0.4 is 15.4 Å². The zero-order valence-corrected chi connectivity index (χ0v) is 14.5. The van der Waals surface area contributed by atoms with E-state index in [1.807, 2.05) is 12.1 Å². The van der Waals surface area contributed by atoms with Crippen molar-refractivity contribution in [1.82, 2.24) is 10.2 Å². The highest BCUT2D eigenvalue weighted by Crippen LogP contribution is 2.29. The van der Waals surface area contributed by atoms with Crippen molar-refractivity contribution in [2.45, 2.75) is 39.2 Å². The molecule has 2 N–H and O–H groups in total. The van der Waals surface area contributed by atoms with Crippen LogP contribution in [0.25, 0.3) is 0 Å². The van der Waals surface area contributed by atoms with Gasteiger partial charge in [-0.3, -0.25) is 9.59 Å². The predicted octanol–water partition coefficient (Wildman–Crippen LogP) is 2.01. The highest BCUT2D eigenvalue weighted by atomic mass is 16.5. The van der Waals surface area contributed by atoms with Crippen molar-refractivity contribution in [1.29, 1.82) is 0 Å². The molecule has 0 radical (unpaired) electrons. The van der Waals surface area contributed by atoms with E-state index in [2.05, 4.69) is 29.4 Å². The maximum atomic E-state index is 12.1. The molecule has 1 aromatic carbocycles. The van der Waals surface area contributed by atoms with Gasteiger partial charge in [0.1, 0.15) is 5.75 Å². The summed E-state index contributed by atoms with van der Waals surface area (Å²) in [7, 11) is 0. The number of hydrogen-bond donors (Lipinski definition) is 2. The van der Waals surface area contributed by atoms with Crippen LogP contribution in [0, 0.1) is 0 Å². The summed E-state index contributed by atoms with van der Waals surface area (Å²) in [6.45, 7) is 7.79. The zero-order valence-electron chi connectivity index (χ0n) is 14.5. The third-order valence-corrected chi connectivity index (χ3v) is 3.91. The molecule has 0 aromatic heterocycles. The number of fused-ring (bicyclic) bond motifs is 1. The van der Waals surface area contributed by atoms with Crippen LogP contribution in [0.4, 0.5) is 5.69 Å². The molecule has 0 saturated carbocycles. The summed E-state index contributed by atoms with van der Waals surface area (Å²) >= 11 is 0. The maximum Gasteiger partial charge on any atom is 0.266 e. The van der Waals surface area contributed by atoms with Gasteiger partial charge in [-0.2, -0.15) is 0 Å². The number of benzene rings is 1. The van der Waals surface area contributed by atoms with Crippen LogP contribution in [0.5, 0.6) is 5.75 Å². The van der Waals surface area contributed by atoms with Crippen molar-refractivity contribution >= 4 is 17.5 Å². The minimum absolute atomic E-state index is 0.0295. The Morgan fingerprint density at radius 1 is 1.21 bits per heavy atom. The molecule has 0 saturated heterocycles. The molecule has 0 aliphatic carbocycles. The molecule has 0 fully saturated rings. The quantitative estimate of drug-likeness (QED) is 0.725. The molecular formula is C18H27N3O3. The Labute approximate surface area is 143 Å². The first-order chi connectivity index (χ1) is 11.6. The van der Waals surface area contributed by atoms with Gasteiger partial charge in [0.25, 0.3) is 5.91 Å². The Bertz CT molecular complexity index is 556. The van der Waals surface area contributed by atoms with Gasteiger partial charge in [-0.25, -0.2) is 0 Å². The number of carbonyl (C=O) groups is 2. The van der Waals surface area contributed by atoms with Gasteiger partial charge in [-0.05, 0) is 38.1 Å². The summed E-state index contributed by atoms with van der Waals surface area (Å²) < 4.78 is 5.64. The number of amides is 2. The van der Waals surface area contributed by atoms with Crippen molar-refractivity contribution in [2.24, 2.45) is 0 Å². The number of carbonyl (C=O) groups excluding carboxylic acids is 2. The fourth-order valence-electron chi connectivity index (χ4n) is 2.79. The standard InChI is InChI=1S/C18H27N3O3/c1-3-10-21(11-4-2)12-9-19-17(22)13-16-18(23)20-14-7-5-6-8-15(14)24-16/h5-8,16H,3-4,9-13H2,1-2H3,(H,19,22)(H,20,23). The summed E-state index contributed by atoms with van der Waals surface area (Å²) in [5.74, 6) is 0.164. The molecule has 24 heavy (non-hydrogen) atoms. The van der Waals surface area contributed by atoms with Gasteiger partial charge in [0, 0.05) is 13.1 Å². The lowest BCUT2D eigenvalue weighted by Gasteiger charge is -2.25. The van der Waals surface area contributed by atoms with E-state index >= 15 is 0 Å². The van der Waals surface area contributed by atoms with Gasteiger partial charge in [0.2, 0.25) is 5.91 Å². The van der Waals surface area contributed by atoms with Gasteiger partial charge >= 0.3 is 0 Å². The Morgan fingerprint density at radius 2 is 1.92 bits per heavy atom. The van der Waals surface area contributed by atoms with E-state index in [1.165, 1.54) is 0 Å². The first kappa shape index (κ1) is 18.3. The highest BCUT2D eigenvalue weighted by Gasteiger charge is 2.29. The first-order valence-electron chi connectivity index (χ1n) is 8.69. The number of anilines is 1. The molecule has 1 aliphatic rings. The number of rotatable bonds is 9. The lowest BCUT2D eigenvalue weighted by Crippen LogP contribution is -2.42. The molecule has 1 heterocycles. The number of nitrogens with one attached hydrogen (secondary N) is 2. The second kappa shape index (κ2) is 9.27. The number of para-hydroxylation sites is 2. The Hall–Kier alpha value is -2.08. The average molecular weight is 333 g/mol. The molecule has 1 aromatic rings. The number of hydrogen-bond acceptors (Lipinski definition) is 4. The van der Waals surface area contributed by atoms with Crippen LogP contribution in [0.3, 0.4) is 0 Å². The van der Waals surface area contributed by atoms with E-state index < -0.39 is 6.10 Å². The second-order valence-corrected chi connectivity index (χ2v) is 5.99. The second-order valence-electron chi connectivity index (χ2n) is 5.99. The van der Waals surface area contributed by atoms with Gasteiger partial charge in [-0.1, -0.05) is 26.0 Å². The van der Waals surface area contributed by atoms with Crippen LogP contribution in [-0.4, -0.2) is 49.0 Å². The highest BCUT2D eigenvalue weighted by molar-refractivity contribution is 5.99. The lowest BCUT2D eigenvalue weighted by atomic mass is 10.1. The predicted molar refractivity (Wildman–Crippen MR) is 94.1 cm³/mol. The summed E-state index contributed by atoms with van der Waals surface area (Å²) in [5, 5.41) is 5.65. The van der Waals surface area contributed by atoms with E-state index in [0.717, 1.165) is 32.5 Å². The van der Waals surface area contributed by atoms with Crippen LogP contribution in [0.2, 0.25) is 0 Å². The molecule has 2 rings (SSSR count). The third kappa shape index (κ3) is 5.23. The molecule has 1 aliphatic heterocycles. The average Bonchev–Trinajstić information content (AvgIpc) is 2.56. The normalized spacial score (nSPS) is 16.3. The molecule has 132 valence electrons. The van der Waals surface area contributed by atoms with E-state index in [4.69, 9.17) is 4.74 Å². The third-order valence-electron chi connectivity index (χ3n) is 3.91. The molecular weight excluding hydrogens is 306 g/mol. The molecule has 6 heteroatoms. The first-order valence-corrected chi connectivity index (χ1v) is 8.69. The van der Waals surface area contributed by atoms with E-state index in [9.17, 15) is 9.59 Å². The van der Waals surface area contributed by atoms with Crippen LogP contribution >= 0.6 is 0 Å². The van der Waals surface area contributed by atoms with E-state index in [-0.39, 0.29) is 18.2 Å². The van der Waals surface area contributed by atoms with E-state index in [1.54, 1.807) is 12.1 Å². The number of nitrogens with zero attached hydrogens (tertiary/aromatic N) is 1. The largest absolute Gasteiger partial charge is 0.478 e. The van der Waals surface area contributed by atoms with Crippen molar-refractivity contribution in [3.8, 4) is 5.75 Å². The fraction of sp³-hybridized carbons (Fsp3) is 0.556. The lowest BCUT2D eigenvalue weighted by molar-refractivity contribution is -0.130. The van der Waals surface area contributed by atoms with Crippen molar-refractivity contribution < 1.29 is 14.3 Å². The Morgan fingerprint density at radius 3 is 2.62 bits per heavy atom. The zero-order chi connectivity index (χ0) is 17.4. The maximum absolute atomic E-state index is 12.1. The van der Waals surface area contributed by atoms with Gasteiger partial charge in [-0.15, -0.1) is 0 Å². The Kier molecular flexibility index (Phi) is 7.06. The van der Waals surface area contributed by atoms with Crippen molar-refractivity contribution in [2.75, 3.05) is 31.5 Å². The topological polar surface area (TPSA) is 70.7 Å². The smallest absolute Gasteiger partial charge is 0.266 e. The molecule has 1 unspecified atom stereocenters. The van der Waals surface area contributed by atoms with E-state index in [0.29, 0.717) is 18.0 Å². The monoisotopic (exact) mass is 333 g/mol. The fourth-order valence-corrected chi connectivity index (χ4v) is 2.79. The molecule has 0 bridgehead atoms. The summed E-state index contributed by atoms with van der Waals surface area (Å²) in [5.41, 5.74) is 0.647. The van der Waals surface area contributed by atoms with Gasteiger partial charge in [0.15, 0.2) is 6.10 Å². The SMILES string of the molecule is CCCN(CCC)CCNC(=O)CC1Oc2ccccc2NC1=O. The summed E-state index contributed by atoms with van der Waals surface area (Å²) in [6, 6.07) is 7.23.